The number of nitro groups is 1. The number of halogens is 3. The highest BCUT2D eigenvalue weighted by Gasteiger charge is 2.47. The summed E-state index contributed by atoms with van der Waals surface area (Å²) in [5, 5.41) is 13.9. The number of hydrogen-bond donors (Lipinski definition) is 1. The Bertz CT molecular complexity index is 1050. The Labute approximate surface area is 170 Å². The molecule has 2 aromatic carbocycles. The first-order valence-electron chi connectivity index (χ1n) is 8.68. The van der Waals surface area contributed by atoms with Gasteiger partial charge in [-0.2, -0.15) is 13.2 Å². The van der Waals surface area contributed by atoms with Crippen molar-refractivity contribution in [2.24, 2.45) is 0 Å². The van der Waals surface area contributed by atoms with Gasteiger partial charge in [-0.3, -0.25) is 14.9 Å². The number of hydrogen-bond acceptors (Lipinski definition) is 6. The largest absolute Gasteiger partial charge is 0.501 e. The normalized spacial score (nSPS) is 11.8. The van der Waals surface area contributed by atoms with E-state index in [2.05, 4.69) is 5.32 Å². The Kier molecular flexibility index (Phi) is 6.70. The summed E-state index contributed by atoms with van der Waals surface area (Å²) < 4.78 is 61.1. The second kappa shape index (κ2) is 8.69. The van der Waals surface area contributed by atoms with Gasteiger partial charge in [-0.1, -0.05) is 0 Å². The van der Waals surface area contributed by atoms with Crippen LogP contribution in [0.15, 0.2) is 47.4 Å². The number of alkyl halides is 3. The van der Waals surface area contributed by atoms with E-state index in [-0.39, 0.29) is 11.6 Å². The molecule has 0 spiro atoms. The number of nitro benzene ring substituents is 1. The molecular formula is C18H18F3N3O5S. The molecule has 2 rings (SSSR count). The molecule has 0 bridgehead atoms. The van der Waals surface area contributed by atoms with Gasteiger partial charge in [0.1, 0.15) is 5.69 Å². The summed E-state index contributed by atoms with van der Waals surface area (Å²) in [7, 11) is -5.72. The van der Waals surface area contributed by atoms with Crippen molar-refractivity contribution in [1.29, 1.82) is 0 Å². The Balaban J connectivity index is 2.35. The van der Waals surface area contributed by atoms with Crippen molar-refractivity contribution in [3.05, 3.63) is 58.1 Å². The first-order chi connectivity index (χ1) is 13.9. The minimum atomic E-state index is -5.72. The molecule has 12 heteroatoms. The molecule has 30 heavy (non-hydrogen) atoms. The molecule has 0 radical (unpaired) electrons. The standard InChI is InChI=1S/C18H18F3N3O5S/c1-3-23(4-2)17(25)12-5-7-13(8-6-12)22-15-10-9-14(11-16(15)24(26)27)30(28,29)18(19,20)21/h5-11,22H,3-4H2,1-2H3. The lowest BCUT2D eigenvalue weighted by Crippen LogP contribution is -2.30. The third-order valence-electron chi connectivity index (χ3n) is 4.24. The molecule has 1 N–H and O–H groups in total. The number of rotatable bonds is 7. The number of carbonyl (C=O) groups excluding carboxylic acids is 1. The lowest BCUT2D eigenvalue weighted by molar-refractivity contribution is -0.384. The number of nitrogens with one attached hydrogen (secondary N) is 1. The number of carbonyl (C=O) groups is 1. The van der Waals surface area contributed by atoms with Gasteiger partial charge in [0.15, 0.2) is 0 Å². The van der Waals surface area contributed by atoms with Crippen molar-refractivity contribution in [1.82, 2.24) is 4.90 Å². The van der Waals surface area contributed by atoms with Crippen molar-refractivity contribution < 1.29 is 31.3 Å². The van der Waals surface area contributed by atoms with E-state index in [4.69, 9.17) is 0 Å². The molecule has 1 amide bonds. The predicted molar refractivity (Wildman–Crippen MR) is 103 cm³/mol. The van der Waals surface area contributed by atoms with Crippen LogP contribution in [0.4, 0.5) is 30.2 Å². The second-order valence-corrected chi connectivity index (χ2v) is 8.01. The molecule has 0 atom stereocenters. The highest BCUT2D eigenvalue weighted by molar-refractivity contribution is 7.92. The second-order valence-electron chi connectivity index (χ2n) is 6.07. The van der Waals surface area contributed by atoms with Crippen LogP contribution in [-0.4, -0.2) is 42.7 Å². The smallest absolute Gasteiger partial charge is 0.350 e. The summed E-state index contributed by atoms with van der Waals surface area (Å²) in [6, 6.07) is 7.81. The zero-order valence-corrected chi connectivity index (χ0v) is 16.7. The molecule has 162 valence electrons. The van der Waals surface area contributed by atoms with Crippen LogP contribution in [0.3, 0.4) is 0 Å². The molecule has 0 fully saturated rings. The third-order valence-corrected chi connectivity index (χ3v) is 5.73. The van der Waals surface area contributed by atoms with E-state index >= 15 is 0 Å². The van der Waals surface area contributed by atoms with Crippen molar-refractivity contribution in [3.63, 3.8) is 0 Å². The van der Waals surface area contributed by atoms with Crippen molar-refractivity contribution in [2.75, 3.05) is 18.4 Å². The third kappa shape index (κ3) is 4.70. The van der Waals surface area contributed by atoms with Gasteiger partial charge in [0, 0.05) is 30.4 Å². The SMILES string of the molecule is CCN(CC)C(=O)c1ccc(Nc2ccc(S(=O)(=O)C(F)(F)F)cc2[N+](=O)[O-])cc1. The average molecular weight is 445 g/mol. The Hall–Kier alpha value is -3.15. The Morgan fingerprint density at radius 3 is 2.13 bits per heavy atom. The minimum absolute atomic E-state index is 0.195. The van der Waals surface area contributed by atoms with Gasteiger partial charge in [-0.05, 0) is 50.2 Å². The van der Waals surface area contributed by atoms with E-state index < -0.39 is 30.9 Å². The molecule has 0 aromatic heterocycles. The molecule has 8 nitrogen and oxygen atoms in total. The number of sulfone groups is 1. The average Bonchev–Trinajstić information content (AvgIpc) is 2.68. The van der Waals surface area contributed by atoms with Crippen LogP contribution in [0, 0.1) is 10.1 Å². The quantitative estimate of drug-likeness (QED) is 0.507. The summed E-state index contributed by atoms with van der Waals surface area (Å²) in [4.78, 5) is 22.9. The maximum absolute atomic E-state index is 12.7. The lowest BCUT2D eigenvalue weighted by atomic mass is 10.1. The monoisotopic (exact) mass is 445 g/mol. The molecular weight excluding hydrogens is 427 g/mol. The van der Waals surface area contributed by atoms with E-state index in [0.29, 0.717) is 36.5 Å². The van der Waals surface area contributed by atoms with E-state index in [1.807, 2.05) is 13.8 Å². The highest BCUT2D eigenvalue weighted by Crippen LogP contribution is 2.35. The van der Waals surface area contributed by atoms with Crippen molar-refractivity contribution in [2.45, 2.75) is 24.3 Å². The van der Waals surface area contributed by atoms with E-state index in [0.717, 1.165) is 6.07 Å². The number of benzene rings is 2. The minimum Gasteiger partial charge on any atom is -0.350 e. The molecule has 0 unspecified atom stereocenters. The van der Waals surface area contributed by atoms with E-state index in [1.54, 1.807) is 4.90 Å². The van der Waals surface area contributed by atoms with Gasteiger partial charge in [0.2, 0.25) is 0 Å². The van der Waals surface area contributed by atoms with Crippen molar-refractivity contribution >= 4 is 32.8 Å². The van der Waals surface area contributed by atoms with Crippen LogP contribution >= 0.6 is 0 Å². The Morgan fingerprint density at radius 1 is 1.10 bits per heavy atom. The van der Waals surface area contributed by atoms with Gasteiger partial charge >= 0.3 is 5.51 Å². The van der Waals surface area contributed by atoms with Gasteiger partial charge in [0.05, 0.1) is 9.82 Å². The predicted octanol–water partition coefficient (Wildman–Crippen LogP) is 4.11. The van der Waals surface area contributed by atoms with Crippen LogP contribution in [0.25, 0.3) is 0 Å². The zero-order valence-electron chi connectivity index (χ0n) is 15.9. The number of amides is 1. The molecule has 0 heterocycles. The molecule has 0 aliphatic rings. The summed E-state index contributed by atoms with van der Waals surface area (Å²) in [6.07, 6.45) is 0. The van der Waals surface area contributed by atoms with Crippen LogP contribution in [0.2, 0.25) is 0 Å². The van der Waals surface area contributed by atoms with E-state index in [1.165, 1.54) is 24.3 Å². The molecule has 0 aliphatic carbocycles. The van der Waals surface area contributed by atoms with Crippen LogP contribution < -0.4 is 5.32 Å². The maximum Gasteiger partial charge on any atom is 0.501 e. The highest BCUT2D eigenvalue weighted by atomic mass is 32.2. The van der Waals surface area contributed by atoms with Gasteiger partial charge in [0.25, 0.3) is 21.4 Å². The fraction of sp³-hybridized carbons (Fsp3) is 0.278. The number of nitrogens with zero attached hydrogens (tertiary/aromatic N) is 2. The molecule has 2 aromatic rings. The van der Waals surface area contributed by atoms with Gasteiger partial charge in [-0.25, -0.2) is 8.42 Å². The topological polar surface area (TPSA) is 110 Å². The van der Waals surface area contributed by atoms with Crippen LogP contribution in [0.1, 0.15) is 24.2 Å². The van der Waals surface area contributed by atoms with Gasteiger partial charge < -0.3 is 10.2 Å². The molecule has 0 saturated carbocycles. The lowest BCUT2D eigenvalue weighted by Gasteiger charge is -2.18. The molecule has 0 saturated heterocycles. The van der Waals surface area contributed by atoms with Crippen LogP contribution in [0.5, 0.6) is 0 Å². The Morgan fingerprint density at radius 2 is 1.67 bits per heavy atom. The van der Waals surface area contributed by atoms with Crippen molar-refractivity contribution in [3.8, 4) is 0 Å². The van der Waals surface area contributed by atoms with Gasteiger partial charge in [-0.15, -0.1) is 0 Å². The first-order valence-corrected chi connectivity index (χ1v) is 10.2. The summed E-state index contributed by atoms with van der Waals surface area (Å²) in [5.74, 6) is -0.195. The summed E-state index contributed by atoms with van der Waals surface area (Å²) in [5.41, 5.74) is -5.91. The van der Waals surface area contributed by atoms with Crippen LogP contribution in [-0.2, 0) is 9.84 Å². The summed E-state index contributed by atoms with van der Waals surface area (Å²) >= 11 is 0. The van der Waals surface area contributed by atoms with E-state index in [9.17, 15) is 36.5 Å². The molecule has 0 aliphatic heterocycles. The zero-order chi connectivity index (χ0) is 22.7. The fourth-order valence-electron chi connectivity index (χ4n) is 2.61. The number of anilines is 2. The first kappa shape index (κ1) is 23.1. The summed E-state index contributed by atoms with van der Waals surface area (Å²) in [6.45, 7) is 4.71. The maximum atomic E-state index is 12.7. The fourth-order valence-corrected chi connectivity index (χ4v) is 3.40.